The molecule has 100 valence electrons. The van der Waals surface area contributed by atoms with Gasteiger partial charge in [0.25, 0.3) is 0 Å². The summed E-state index contributed by atoms with van der Waals surface area (Å²) in [5.41, 5.74) is 7.72. The minimum Gasteiger partial charge on any atom is -0.478 e. The molecule has 0 radical (unpaired) electrons. The number of hydrogen-bond acceptors (Lipinski definition) is 2. The van der Waals surface area contributed by atoms with Crippen molar-refractivity contribution in [1.82, 2.24) is 0 Å². The predicted molar refractivity (Wildman–Crippen MR) is 77.1 cm³/mol. The summed E-state index contributed by atoms with van der Waals surface area (Å²) in [6, 6.07) is 14.0. The Morgan fingerprint density at radius 1 is 1.05 bits per heavy atom. The third-order valence-electron chi connectivity index (χ3n) is 2.81. The van der Waals surface area contributed by atoms with Gasteiger partial charge < -0.3 is 10.8 Å². The number of carbonyl (C=O) groups excluding carboxylic acids is 1. The van der Waals surface area contributed by atoms with Gasteiger partial charge in [-0.1, -0.05) is 36.4 Å². The maximum absolute atomic E-state index is 11.0. The van der Waals surface area contributed by atoms with E-state index >= 15 is 0 Å². The average Bonchev–Trinajstić information content (AvgIpc) is 2.45. The maximum Gasteiger partial charge on any atom is 0.335 e. The molecule has 0 aliphatic carbocycles. The number of primary amides is 1. The van der Waals surface area contributed by atoms with Crippen LogP contribution < -0.4 is 5.73 Å². The Hall–Kier alpha value is -2.88. The smallest absolute Gasteiger partial charge is 0.335 e. The van der Waals surface area contributed by atoms with Gasteiger partial charge in [0.2, 0.25) is 5.91 Å². The lowest BCUT2D eigenvalue weighted by molar-refractivity contribution is -0.113. The van der Waals surface area contributed by atoms with Crippen LogP contribution in [0.2, 0.25) is 0 Å². The number of carboxylic acid groups (broad SMARTS) is 1. The second-order valence-corrected chi connectivity index (χ2v) is 4.21. The van der Waals surface area contributed by atoms with Crippen LogP contribution in [0.3, 0.4) is 0 Å². The number of rotatable bonds is 4. The molecule has 3 N–H and O–H groups in total. The number of benzene rings is 2. The molecule has 2 aromatic rings. The van der Waals surface area contributed by atoms with E-state index < -0.39 is 11.9 Å². The van der Waals surface area contributed by atoms with E-state index in [-0.39, 0.29) is 5.56 Å². The van der Waals surface area contributed by atoms with Crippen molar-refractivity contribution in [2.45, 2.75) is 0 Å². The average molecular weight is 267 g/mol. The first-order valence-corrected chi connectivity index (χ1v) is 5.98. The highest BCUT2D eigenvalue weighted by Crippen LogP contribution is 2.25. The van der Waals surface area contributed by atoms with Gasteiger partial charge in [-0.25, -0.2) is 4.79 Å². The van der Waals surface area contributed by atoms with Crippen LogP contribution in [0.4, 0.5) is 0 Å². The zero-order valence-corrected chi connectivity index (χ0v) is 10.6. The van der Waals surface area contributed by atoms with Crippen LogP contribution in [0.1, 0.15) is 15.9 Å². The van der Waals surface area contributed by atoms with E-state index in [0.29, 0.717) is 0 Å². The molecular weight excluding hydrogens is 254 g/mol. The Morgan fingerprint density at radius 2 is 1.80 bits per heavy atom. The van der Waals surface area contributed by atoms with E-state index in [1.165, 1.54) is 12.1 Å². The number of aromatic carboxylic acids is 1. The summed E-state index contributed by atoms with van der Waals surface area (Å²) in [5.74, 6) is -1.50. The standard InChI is InChI=1S/C16H13NO3/c17-15(18)9-8-11-4-1-2-7-14(11)12-5-3-6-13(10-12)16(19)20/h1-10H,(H2,17,18)(H,19,20)/b9-8-. The molecule has 0 fully saturated rings. The van der Waals surface area contributed by atoms with Gasteiger partial charge in [0, 0.05) is 6.08 Å². The fourth-order valence-electron chi connectivity index (χ4n) is 1.90. The fourth-order valence-corrected chi connectivity index (χ4v) is 1.90. The fraction of sp³-hybridized carbons (Fsp3) is 0. The van der Waals surface area contributed by atoms with Crippen LogP contribution in [0.15, 0.2) is 54.6 Å². The van der Waals surface area contributed by atoms with Crippen molar-refractivity contribution in [3.8, 4) is 11.1 Å². The van der Waals surface area contributed by atoms with Gasteiger partial charge in [0.15, 0.2) is 0 Å². The molecule has 0 bridgehead atoms. The van der Waals surface area contributed by atoms with Crippen molar-refractivity contribution >= 4 is 18.0 Å². The molecule has 0 heterocycles. The Balaban J connectivity index is 2.50. The molecule has 4 nitrogen and oxygen atoms in total. The van der Waals surface area contributed by atoms with Crippen LogP contribution in [-0.2, 0) is 4.79 Å². The third kappa shape index (κ3) is 3.11. The van der Waals surface area contributed by atoms with Crippen molar-refractivity contribution in [3.63, 3.8) is 0 Å². The van der Waals surface area contributed by atoms with E-state index in [1.807, 2.05) is 30.3 Å². The predicted octanol–water partition coefficient (Wildman–Crippen LogP) is 2.55. The summed E-state index contributed by atoms with van der Waals surface area (Å²) in [6.45, 7) is 0. The first-order chi connectivity index (χ1) is 9.58. The zero-order valence-electron chi connectivity index (χ0n) is 10.6. The Kier molecular flexibility index (Phi) is 3.96. The topological polar surface area (TPSA) is 80.4 Å². The molecule has 20 heavy (non-hydrogen) atoms. The highest BCUT2D eigenvalue weighted by Gasteiger charge is 2.07. The Morgan fingerprint density at radius 3 is 2.50 bits per heavy atom. The normalized spacial score (nSPS) is 10.6. The largest absolute Gasteiger partial charge is 0.478 e. The van der Waals surface area contributed by atoms with Crippen LogP contribution in [0.5, 0.6) is 0 Å². The molecule has 0 unspecified atom stereocenters. The SMILES string of the molecule is NC(=O)/C=C\c1ccccc1-c1cccc(C(=O)O)c1. The Labute approximate surface area is 116 Å². The summed E-state index contributed by atoms with van der Waals surface area (Å²) < 4.78 is 0. The molecule has 0 aliphatic rings. The number of hydrogen-bond donors (Lipinski definition) is 2. The lowest BCUT2D eigenvalue weighted by atomic mass is 9.98. The van der Waals surface area contributed by atoms with Gasteiger partial charge in [0.05, 0.1) is 5.56 Å². The van der Waals surface area contributed by atoms with E-state index in [2.05, 4.69) is 0 Å². The summed E-state index contributed by atoms with van der Waals surface area (Å²) in [5, 5.41) is 9.03. The highest BCUT2D eigenvalue weighted by atomic mass is 16.4. The first kappa shape index (κ1) is 13.5. The van der Waals surface area contributed by atoms with Gasteiger partial charge in [-0.15, -0.1) is 0 Å². The molecule has 1 amide bonds. The highest BCUT2D eigenvalue weighted by molar-refractivity contribution is 5.93. The lowest BCUT2D eigenvalue weighted by Gasteiger charge is -2.07. The van der Waals surface area contributed by atoms with Crippen molar-refractivity contribution < 1.29 is 14.7 Å². The molecule has 0 saturated carbocycles. The first-order valence-electron chi connectivity index (χ1n) is 5.98. The van der Waals surface area contributed by atoms with Gasteiger partial charge in [-0.05, 0) is 34.9 Å². The van der Waals surface area contributed by atoms with E-state index in [0.717, 1.165) is 16.7 Å². The molecule has 0 atom stereocenters. The maximum atomic E-state index is 11.0. The van der Waals surface area contributed by atoms with E-state index in [4.69, 9.17) is 10.8 Å². The van der Waals surface area contributed by atoms with E-state index in [1.54, 1.807) is 18.2 Å². The summed E-state index contributed by atoms with van der Waals surface area (Å²) in [4.78, 5) is 21.8. The molecular formula is C16H13NO3. The second kappa shape index (κ2) is 5.84. The molecule has 0 spiro atoms. The molecule has 0 aliphatic heterocycles. The number of nitrogens with two attached hydrogens (primary N) is 1. The second-order valence-electron chi connectivity index (χ2n) is 4.21. The molecule has 2 aromatic carbocycles. The third-order valence-corrected chi connectivity index (χ3v) is 2.81. The van der Waals surface area contributed by atoms with Crippen LogP contribution in [0.25, 0.3) is 17.2 Å². The van der Waals surface area contributed by atoms with Gasteiger partial charge >= 0.3 is 5.97 Å². The van der Waals surface area contributed by atoms with Crippen molar-refractivity contribution in [3.05, 3.63) is 65.7 Å². The minimum atomic E-state index is -0.975. The summed E-state index contributed by atoms with van der Waals surface area (Å²) >= 11 is 0. The zero-order chi connectivity index (χ0) is 14.5. The quantitative estimate of drug-likeness (QED) is 0.835. The lowest BCUT2D eigenvalue weighted by Crippen LogP contribution is -2.05. The molecule has 0 aromatic heterocycles. The monoisotopic (exact) mass is 267 g/mol. The van der Waals surface area contributed by atoms with Crippen molar-refractivity contribution in [1.29, 1.82) is 0 Å². The van der Waals surface area contributed by atoms with Crippen LogP contribution >= 0.6 is 0 Å². The Bertz CT molecular complexity index is 690. The van der Waals surface area contributed by atoms with Gasteiger partial charge in [-0.2, -0.15) is 0 Å². The van der Waals surface area contributed by atoms with E-state index in [9.17, 15) is 9.59 Å². The molecule has 4 heteroatoms. The minimum absolute atomic E-state index is 0.219. The van der Waals surface area contributed by atoms with Crippen molar-refractivity contribution in [2.24, 2.45) is 5.73 Å². The van der Waals surface area contributed by atoms with Crippen LogP contribution in [0, 0.1) is 0 Å². The van der Waals surface area contributed by atoms with Gasteiger partial charge in [0.1, 0.15) is 0 Å². The van der Waals surface area contributed by atoms with Crippen LogP contribution in [-0.4, -0.2) is 17.0 Å². The molecule has 0 saturated heterocycles. The number of carboxylic acids is 1. The summed E-state index contributed by atoms with van der Waals surface area (Å²) in [6.07, 6.45) is 2.89. The number of amides is 1. The molecule has 2 rings (SSSR count). The number of carbonyl (C=O) groups is 2. The van der Waals surface area contributed by atoms with Crippen molar-refractivity contribution in [2.75, 3.05) is 0 Å². The van der Waals surface area contributed by atoms with Gasteiger partial charge in [-0.3, -0.25) is 4.79 Å². The summed E-state index contributed by atoms with van der Waals surface area (Å²) in [7, 11) is 0.